The van der Waals surface area contributed by atoms with Gasteiger partial charge in [-0.2, -0.15) is 0 Å². The van der Waals surface area contributed by atoms with Crippen LogP contribution in [0.15, 0.2) is 0 Å². The fourth-order valence-corrected chi connectivity index (χ4v) is 5.51. The number of hydrogen-bond donors (Lipinski definition) is 2. The lowest BCUT2D eigenvalue weighted by atomic mass is 9.65. The Morgan fingerprint density at radius 2 is 1.69 bits per heavy atom. The third-order valence-electron chi connectivity index (χ3n) is 8.54. The standard InChI is InChI=1S/C24H38N4O4/c1-4-23(2,3)17-7-11-24(12-8-17)21(31)28(22(32)26-24)15-19(29)27-13-9-18(10-14-27)25-20(30)16-5-6-16/h16-18H,4-15H2,1-3H3,(H,25,30)(H,26,32). The molecule has 5 amide bonds. The lowest BCUT2D eigenvalue weighted by molar-refractivity contribution is -0.140. The van der Waals surface area contributed by atoms with Gasteiger partial charge < -0.3 is 15.5 Å². The van der Waals surface area contributed by atoms with Crippen LogP contribution in [0.3, 0.4) is 0 Å². The Kier molecular flexibility index (Phi) is 6.25. The van der Waals surface area contributed by atoms with E-state index < -0.39 is 11.6 Å². The molecular weight excluding hydrogens is 408 g/mol. The Balaban J connectivity index is 1.28. The predicted molar refractivity (Wildman–Crippen MR) is 119 cm³/mol. The maximum Gasteiger partial charge on any atom is 0.325 e. The molecule has 1 spiro atoms. The van der Waals surface area contributed by atoms with Gasteiger partial charge in [-0.1, -0.05) is 27.2 Å². The molecule has 8 heteroatoms. The lowest BCUT2D eigenvalue weighted by Crippen LogP contribution is -2.52. The van der Waals surface area contributed by atoms with Crippen LogP contribution in [0.1, 0.15) is 78.6 Å². The van der Waals surface area contributed by atoms with Crippen LogP contribution < -0.4 is 10.6 Å². The van der Waals surface area contributed by atoms with E-state index in [1.807, 2.05) is 0 Å². The number of piperidine rings is 1. The molecule has 0 bridgehead atoms. The van der Waals surface area contributed by atoms with Crippen molar-refractivity contribution in [3.63, 3.8) is 0 Å². The molecule has 0 unspecified atom stereocenters. The zero-order chi connectivity index (χ0) is 23.1. The second-order valence-corrected chi connectivity index (χ2v) is 11.0. The summed E-state index contributed by atoms with van der Waals surface area (Å²) in [6.07, 6.45) is 7.58. The molecule has 178 valence electrons. The Labute approximate surface area is 190 Å². The van der Waals surface area contributed by atoms with Crippen LogP contribution in [0.4, 0.5) is 4.79 Å². The molecule has 8 nitrogen and oxygen atoms in total. The van der Waals surface area contributed by atoms with Crippen LogP contribution in [0.5, 0.6) is 0 Å². The minimum atomic E-state index is -0.836. The lowest BCUT2D eigenvalue weighted by Gasteiger charge is -2.42. The first-order chi connectivity index (χ1) is 15.1. The van der Waals surface area contributed by atoms with E-state index in [0.29, 0.717) is 44.7 Å². The number of nitrogens with zero attached hydrogens (tertiary/aromatic N) is 2. The van der Waals surface area contributed by atoms with E-state index in [1.165, 1.54) is 0 Å². The first-order valence-corrected chi connectivity index (χ1v) is 12.4. The fraction of sp³-hybridized carbons (Fsp3) is 0.833. The van der Waals surface area contributed by atoms with E-state index in [-0.39, 0.29) is 41.6 Å². The number of carbonyl (C=O) groups excluding carboxylic acids is 4. The molecular formula is C24H38N4O4. The van der Waals surface area contributed by atoms with Crippen LogP contribution in [-0.4, -0.2) is 64.8 Å². The number of carbonyl (C=O) groups is 4. The van der Waals surface area contributed by atoms with Gasteiger partial charge in [-0.15, -0.1) is 0 Å². The Hall–Kier alpha value is -2.12. The van der Waals surface area contributed by atoms with Crippen LogP contribution in [-0.2, 0) is 14.4 Å². The first kappa shape index (κ1) is 23.1. The number of nitrogens with one attached hydrogen (secondary N) is 2. The van der Waals surface area contributed by atoms with Crippen molar-refractivity contribution in [2.75, 3.05) is 19.6 Å². The Morgan fingerprint density at radius 3 is 2.25 bits per heavy atom. The molecule has 4 aliphatic rings. The van der Waals surface area contributed by atoms with E-state index in [9.17, 15) is 19.2 Å². The van der Waals surface area contributed by atoms with Crippen molar-refractivity contribution in [2.24, 2.45) is 17.3 Å². The maximum atomic E-state index is 13.2. The van der Waals surface area contributed by atoms with E-state index in [4.69, 9.17) is 0 Å². The molecule has 4 fully saturated rings. The highest BCUT2D eigenvalue weighted by Gasteiger charge is 2.54. The third-order valence-corrected chi connectivity index (χ3v) is 8.54. The van der Waals surface area contributed by atoms with Crippen molar-refractivity contribution < 1.29 is 19.2 Å². The smallest absolute Gasteiger partial charge is 0.325 e. The molecule has 0 radical (unpaired) electrons. The largest absolute Gasteiger partial charge is 0.353 e. The van der Waals surface area contributed by atoms with Gasteiger partial charge in [0.25, 0.3) is 5.91 Å². The van der Waals surface area contributed by atoms with Gasteiger partial charge in [0.05, 0.1) is 0 Å². The third kappa shape index (κ3) is 4.50. The highest BCUT2D eigenvalue weighted by atomic mass is 16.2. The first-order valence-electron chi connectivity index (χ1n) is 12.4. The topological polar surface area (TPSA) is 98.8 Å². The molecule has 2 N–H and O–H groups in total. The summed E-state index contributed by atoms with van der Waals surface area (Å²) in [5.74, 6) is 0.426. The number of hydrogen-bond acceptors (Lipinski definition) is 4. The van der Waals surface area contributed by atoms with Gasteiger partial charge >= 0.3 is 6.03 Å². The summed E-state index contributed by atoms with van der Waals surface area (Å²) < 4.78 is 0. The second kappa shape index (κ2) is 8.67. The van der Waals surface area contributed by atoms with Crippen LogP contribution >= 0.6 is 0 Å². The van der Waals surface area contributed by atoms with Crippen molar-refractivity contribution in [2.45, 2.75) is 90.1 Å². The normalized spacial score (nSPS) is 29.4. The highest BCUT2D eigenvalue weighted by molar-refractivity contribution is 6.09. The summed E-state index contributed by atoms with van der Waals surface area (Å²) >= 11 is 0. The van der Waals surface area contributed by atoms with Gasteiger partial charge in [-0.25, -0.2) is 4.79 Å². The summed E-state index contributed by atoms with van der Waals surface area (Å²) in [5, 5.41) is 6.01. The summed E-state index contributed by atoms with van der Waals surface area (Å²) in [4.78, 5) is 53.5. The molecule has 0 aromatic heterocycles. The molecule has 2 heterocycles. The van der Waals surface area contributed by atoms with Gasteiger partial charge in [0.2, 0.25) is 11.8 Å². The maximum absolute atomic E-state index is 13.2. The van der Waals surface area contributed by atoms with Gasteiger partial charge in [0.15, 0.2) is 0 Å². The van der Waals surface area contributed by atoms with Crippen LogP contribution in [0.25, 0.3) is 0 Å². The van der Waals surface area contributed by atoms with Crippen molar-refractivity contribution in [3.8, 4) is 0 Å². The number of imide groups is 1. The summed E-state index contributed by atoms with van der Waals surface area (Å²) in [5.41, 5.74) is -0.606. The SMILES string of the molecule is CCC(C)(C)C1CCC2(CC1)NC(=O)N(CC(=O)N1CCC(NC(=O)C3CC3)CC1)C2=O. The quantitative estimate of drug-likeness (QED) is 0.612. The molecule has 2 aliphatic carbocycles. The van der Waals surface area contributed by atoms with E-state index in [1.54, 1.807) is 4.90 Å². The number of likely N-dealkylation sites (tertiary alicyclic amines) is 1. The Bertz CT molecular complexity index is 775. The van der Waals surface area contributed by atoms with E-state index in [2.05, 4.69) is 31.4 Å². The molecule has 2 aliphatic heterocycles. The second-order valence-electron chi connectivity index (χ2n) is 11.0. The average molecular weight is 447 g/mol. The van der Waals surface area contributed by atoms with Crippen molar-refractivity contribution in [3.05, 3.63) is 0 Å². The zero-order valence-corrected chi connectivity index (χ0v) is 19.7. The van der Waals surface area contributed by atoms with Gasteiger partial charge in [0, 0.05) is 25.0 Å². The molecule has 32 heavy (non-hydrogen) atoms. The summed E-state index contributed by atoms with van der Waals surface area (Å²) in [6, 6.07) is -0.335. The van der Waals surface area contributed by atoms with E-state index >= 15 is 0 Å². The zero-order valence-electron chi connectivity index (χ0n) is 19.7. The summed E-state index contributed by atoms with van der Waals surface area (Å²) in [7, 11) is 0. The predicted octanol–water partition coefficient (Wildman–Crippen LogP) is 2.42. The highest BCUT2D eigenvalue weighted by Crippen LogP contribution is 2.45. The molecule has 0 aromatic rings. The monoisotopic (exact) mass is 446 g/mol. The van der Waals surface area contributed by atoms with Crippen LogP contribution in [0.2, 0.25) is 0 Å². The average Bonchev–Trinajstić information content (AvgIpc) is 3.60. The van der Waals surface area contributed by atoms with Crippen molar-refractivity contribution in [1.29, 1.82) is 0 Å². The Morgan fingerprint density at radius 1 is 1.06 bits per heavy atom. The number of urea groups is 1. The number of rotatable bonds is 6. The molecule has 0 aromatic carbocycles. The van der Waals surface area contributed by atoms with Gasteiger partial charge in [-0.3, -0.25) is 19.3 Å². The van der Waals surface area contributed by atoms with Crippen LogP contribution in [0, 0.1) is 17.3 Å². The number of amides is 5. The minimum absolute atomic E-state index is 0.106. The van der Waals surface area contributed by atoms with Gasteiger partial charge in [0.1, 0.15) is 12.1 Å². The molecule has 2 saturated carbocycles. The van der Waals surface area contributed by atoms with Gasteiger partial charge in [-0.05, 0) is 62.7 Å². The molecule has 4 rings (SSSR count). The van der Waals surface area contributed by atoms with Crippen molar-refractivity contribution >= 4 is 23.8 Å². The fourth-order valence-electron chi connectivity index (χ4n) is 5.51. The van der Waals surface area contributed by atoms with Crippen molar-refractivity contribution in [1.82, 2.24) is 20.4 Å². The molecule has 0 atom stereocenters. The van der Waals surface area contributed by atoms with E-state index in [0.717, 1.165) is 37.0 Å². The minimum Gasteiger partial charge on any atom is -0.353 e. The molecule has 2 saturated heterocycles. The summed E-state index contributed by atoms with van der Waals surface area (Å²) in [6.45, 7) is 7.62.